The third-order valence-corrected chi connectivity index (χ3v) is 3.12. The molecule has 0 aliphatic rings. The van der Waals surface area contributed by atoms with Crippen molar-refractivity contribution in [2.45, 2.75) is 13.8 Å². The lowest BCUT2D eigenvalue weighted by atomic mass is 10.1. The molecule has 1 aromatic heterocycles. The highest BCUT2D eigenvalue weighted by molar-refractivity contribution is 9.10. The number of halogens is 1. The average Bonchev–Trinajstić information content (AvgIpc) is 2.45. The fraction of sp³-hybridized carbons (Fsp3) is 0.182. The minimum absolute atomic E-state index is 0.687. The number of rotatable bonds is 0. The van der Waals surface area contributed by atoms with Crippen LogP contribution in [0.2, 0.25) is 0 Å². The Labute approximate surface area is 90.7 Å². The van der Waals surface area contributed by atoms with Crippen LogP contribution in [0.25, 0.3) is 10.9 Å². The molecule has 0 radical (unpaired) electrons. The second kappa shape index (κ2) is 3.14. The molecule has 0 saturated carbocycles. The number of nitrogens with one attached hydrogen (secondary N) is 1. The van der Waals surface area contributed by atoms with E-state index in [0.717, 1.165) is 21.1 Å². The summed E-state index contributed by atoms with van der Waals surface area (Å²) in [7, 11) is 0. The molecule has 1 heterocycles. The largest absolute Gasteiger partial charge is 0.357 e. The Morgan fingerprint density at radius 1 is 1.36 bits per heavy atom. The standard InChI is InChI=1S/C11H9BrN2/c1-6-7(2)14-11-9(6)3-8(5-13)4-10(11)12/h3-4,14H,1-2H3. The molecular weight excluding hydrogens is 240 g/mol. The third-order valence-electron chi connectivity index (χ3n) is 2.50. The second-order valence-corrected chi connectivity index (χ2v) is 4.22. The van der Waals surface area contributed by atoms with E-state index in [-0.39, 0.29) is 0 Å². The number of hydrogen-bond donors (Lipinski definition) is 1. The molecule has 1 N–H and O–H groups in total. The zero-order chi connectivity index (χ0) is 10.3. The zero-order valence-electron chi connectivity index (χ0n) is 7.98. The molecule has 14 heavy (non-hydrogen) atoms. The first-order valence-corrected chi connectivity index (χ1v) is 5.11. The predicted molar refractivity (Wildman–Crippen MR) is 60.2 cm³/mol. The number of fused-ring (bicyclic) bond motifs is 1. The van der Waals surface area contributed by atoms with Gasteiger partial charge in [-0.05, 0) is 47.5 Å². The molecule has 2 rings (SSSR count). The lowest BCUT2D eigenvalue weighted by Crippen LogP contribution is -1.77. The molecule has 0 bridgehead atoms. The van der Waals surface area contributed by atoms with E-state index in [1.165, 1.54) is 5.56 Å². The van der Waals surface area contributed by atoms with Crippen LogP contribution in [0.1, 0.15) is 16.8 Å². The number of aromatic amines is 1. The maximum absolute atomic E-state index is 8.84. The number of aromatic nitrogens is 1. The van der Waals surface area contributed by atoms with Crippen molar-refractivity contribution in [3.63, 3.8) is 0 Å². The SMILES string of the molecule is Cc1[nH]c2c(Br)cc(C#N)cc2c1C. The zero-order valence-corrected chi connectivity index (χ0v) is 9.57. The smallest absolute Gasteiger partial charge is 0.0992 e. The maximum Gasteiger partial charge on any atom is 0.0992 e. The van der Waals surface area contributed by atoms with E-state index in [2.05, 4.69) is 33.9 Å². The molecule has 70 valence electrons. The Morgan fingerprint density at radius 3 is 2.71 bits per heavy atom. The molecule has 0 spiro atoms. The van der Waals surface area contributed by atoms with Crippen molar-refractivity contribution >= 4 is 26.8 Å². The van der Waals surface area contributed by atoms with Crippen LogP contribution < -0.4 is 0 Å². The third kappa shape index (κ3) is 1.23. The van der Waals surface area contributed by atoms with Crippen molar-refractivity contribution in [1.82, 2.24) is 4.98 Å². The van der Waals surface area contributed by atoms with Crippen molar-refractivity contribution in [2.75, 3.05) is 0 Å². The second-order valence-electron chi connectivity index (χ2n) is 3.37. The molecule has 0 saturated heterocycles. The van der Waals surface area contributed by atoms with Crippen LogP contribution in [0.3, 0.4) is 0 Å². The van der Waals surface area contributed by atoms with E-state index in [1.54, 1.807) is 0 Å². The predicted octanol–water partition coefficient (Wildman–Crippen LogP) is 3.42. The molecule has 2 aromatic rings. The van der Waals surface area contributed by atoms with Crippen molar-refractivity contribution in [1.29, 1.82) is 5.26 Å². The van der Waals surface area contributed by atoms with Gasteiger partial charge in [-0.2, -0.15) is 5.26 Å². The number of benzene rings is 1. The summed E-state index contributed by atoms with van der Waals surface area (Å²) in [6, 6.07) is 5.90. The average molecular weight is 249 g/mol. The van der Waals surface area contributed by atoms with Gasteiger partial charge in [0.25, 0.3) is 0 Å². The van der Waals surface area contributed by atoms with Gasteiger partial charge in [-0.3, -0.25) is 0 Å². The summed E-state index contributed by atoms with van der Waals surface area (Å²) in [5.41, 5.74) is 4.11. The lowest BCUT2D eigenvalue weighted by Gasteiger charge is -1.96. The van der Waals surface area contributed by atoms with Crippen molar-refractivity contribution < 1.29 is 0 Å². The summed E-state index contributed by atoms with van der Waals surface area (Å²) in [4.78, 5) is 3.29. The first-order valence-electron chi connectivity index (χ1n) is 4.32. The summed E-state index contributed by atoms with van der Waals surface area (Å²) in [6.45, 7) is 4.09. The van der Waals surface area contributed by atoms with Crippen molar-refractivity contribution in [3.8, 4) is 6.07 Å². The van der Waals surface area contributed by atoms with Crippen LogP contribution in [0.5, 0.6) is 0 Å². The van der Waals surface area contributed by atoms with Gasteiger partial charge in [-0.15, -0.1) is 0 Å². The monoisotopic (exact) mass is 248 g/mol. The number of hydrogen-bond acceptors (Lipinski definition) is 1. The lowest BCUT2D eigenvalue weighted by molar-refractivity contribution is 1.25. The van der Waals surface area contributed by atoms with E-state index >= 15 is 0 Å². The van der Waals surface area contributed by atoms with E-state index in [1.807, 2.05) is 19.1 Å². The van der Waals surface area contributed by atoms with Crippen LogP contribution in [0, 0.1) is 25.2 Å². The van der Waals surface area contributed by atoms with Gasteiger partial charge in [0.1, 0.15) is 0 Å². The first-order chi connectivity index (χ1) is 6.63. The van der Waals surface area contributed by atoms with E-state index < -0.39 is 0 Å². The van der Waals surface area contributed by atoms with E-state index in [0.29, 0.717) is 5.56 Å². The molecule has 0 amide bonds. The van der Waals surface area contributed by atoms with Gasteiger partial charge in [-0.25, -0.2) is 0 Å². The topological polar surface area (TPSA) is 39.6 Å². The quantitative estimate of drug-likeness (QED) is 0.763. The molecule has 0 aliphatic carbocycles. The van der Waals surface area contributed by atoms with Crippen LogP contribution in [-0.2, 0) is 0 Å². The van der Waals surface area contributed by atoms with Crippen LogP contribution in [0.4, 0.5) is 0 Å². The summed E-state index contributed by atoms with van der Waals surface area (Å²) in [6.07, 6.45) is 0. The Kier molecular flexibility index (Phi) is 2.09. The van der Waals surface area contributed by atoms with Crippen LogP contribution in [-0.4, -0.2) is 4.98 Å². The number of nitriles is 1. The highest BCUT2D eigenvalue weighted by atomic mass is 79.9. The number of H-pyrrole nitrogens is 1. The molecule has 3 heteroatoms. The van der Waals surface area contributed by atoms with E-state index in [4.69, 9.17) is 5.26 Å². The Hall–Kier alpha value is -1.27. The summed E-state index contributed by atoms with van der Waals surface area (Å²) >= 11 is 3.45. The molecule has 1 aromatic carbocycles. The van der Waals surface area contributed by atoms with Gasteiger partial charge in [-0.1, -0.05) is 0 Å². The van der Waals surface area contributed by atoms with Crippen molar-refractivity contribution in [2.24, 2.45) is 0 Å². The minimum atomic E-state index is 0.687. The first kappa shape index (κ1) is 9.29. The molecule has 0 fully saturated rings. The number of nitrogens with zero attached hydrogens (tertiary/aromatic N) is 1. The summed E-state index contributed by atoms with van der Waals surface area (Å²) in [5.74, 6) is 0. The summed E-state index contributed by atoms with van der Waals surface area (Å²) in [5, 5.41) is 9.96. The highest BCUT2D eigenvalue weighted by Gasteiger charge is 2.08. The van der Waals surface area contributed by atoms with Crippen LogP contribution in [0.15, 0.2) is 16.6 Å². The van der Waals surface area contributed by atoms with Crippen molar-refractivity contribution in [3.05, 3.63) is 33.4 Å². The fourth-order valence-corrected chi connectivity index (χ4v) is 2.14. The van der Waals surface area contributed by atoms with E-state index in [9.17, 15) is 0 Å². The van der Waals surface area contributed by atoms with Gasteiger partial charge in [0.05, 0.1) is 17.1 Å². The Balaban J connectivity index is 2.92. The normalized spacial score (nSPS) is 10.4. The van der Waals surface area contributed by atoms with Gasteiger partial charge in [0, 0.05) is 15.6 Å². The fourth-order valence-electron chi connectivity index (χ4n) is 1.58. The Bertz CT molecular complexity index is 546. The molecular formula is C11H9BrN2. The van der Waals surface area contributed by atoms with Gasteiger partial charge >= 0.3 is 0 Å². The molecule has 0 aliphatic heterocycles. The molecule has 0 atom stereocenters. The van der Waals surface area contributed by atoms with Gasteiger partial charge in [0.15, 0.2) is 0 Å². The van der Waals surface area contributed by atoms with Crippen LogP contribution >= 0.6 is 15.9 Å². The van der Waals surface area contributed by atoms with Gasteiger partial charge in [0.2, 0.25) is 0 Å². The Morgan fingerprint density at radius 2 is 2.07 bits per heavy atom. The number of aryl methyl sites for hydroxylation is 2. The minimum Gasteiger partial charge on any atom is -0.357 e. The molecule has 0 unspecified atom stereocenters. The molecule has 2 nitrogen and oxygen atoms in total. The maximum atomic E-state index is 8.84. The highest BCUT2D eigenvalue weighted by Crippen LogP contribution is 2.29. The summed E-state index contributed by atoms with van der Waals surface area (Å²) < 4.78 is 0.947. The van der Waals surface area contributed by atoms with Gasteiger partial charge < -0.3 is 4.98 Å².